The summed E-state index contributed by atoms with van der Waals surface area (Å²) < 4.78 is 14.3. The molecule has 0 fully saturated rings. The van der Waals surface area contributed by atoms with Gasteiger partial charge in [0.15, 0.2) is 0 Å². The Kier molecular flexibility index (Phi) is 2.75. The zero-order valence-corrected chi connectivity index (χ0v) is 9.34. The summed E-state index contributed by atoms with van der Waals surface area (Å²) in [5.74, 6) is -1.28. The summed E-state index contributed by atoms with van der Waals surface area (Å²) >= 11 is 3.32. The van der Waals surface area contributed by atoms with E-state index in [1.54, 1.807) is 6.07 Å². The summed E-state index contributed by atoms with van der Waals surface area (Å²) in [5.41, 5.74) is 1.31. The second-order valence-corrected chi connectivity index (χ2v) is 4.32. The highest BCUT2D eigenvalue weighted by Gasteiger charge is 2.26. The van der Waals surface area contributed by atoms with Gasteiger partial charge in [-0.05, 0) is 23.3 Å². The van der Waals surface area contributed by atoms with Crippen LogP contribution in [0.5, 0.6) is 0 Å². The highest BCUT2D eigenvalue weighted by molar-refractivity contribution is 9.10. The lowest BCUT2D eigenvalue weighted by Crippen LogP contribution is -2.42. The summed E-state index contributed by atoms with van der Waals surface area (Å²) in [6, 6.07) is 2.30. The van der Waals surface area contributed by atoms with E-state index < -0.39 is 12.0 Å². The molecule has 0 bridgehead atoms. The minimum atomic E-state index is -0.944. The first-order chi connectivity index (χ1) is 7.09. The average molecular weight is 274 g/mol. The van der Waals surface area contributed by atoms with Gasteiger partial charge in [-0.2, -0.15) is 0 Å². The van der Waals surface area contributed by atoms with E-state index in [2.05, 4.69) is 21.2 Å². The van der Waals surface area contributed by atoms with E-state index in [-0.39, 0.29) is 12.2 Å². The molecule has 2 N–H and O–H groups in total. The lowest BCUT2D eigenvalue weighted by Gasteiger charge is -2.24. The molecule has 3 nitrogen and oxygen atoms in total. The molecule has 0 saturated carbocycles. The molecule has 5 heteroatoms. The Morgan fingerprint density at radius 3 is 2.93 bits per heavy atom. The Labute approximate surface area is 94.4 Å². The third-order valence-corrected chi connectivity index (χ3v) is 3.29. The van der Waals surface area contributed by atoms with Crippen LogP contribution < -0.4 is 5.32 Å². The van der Waals surface area contributed by atoms with Crippen LogP contribution >= 0.6 is 15.9 Å². The van der Waals surface area contributed by atoms with Crippen LogP contribution in [0.25, 0.3) is 0 Å². The molecular formula is C10H9BrFNO2. The van der Waals surface area contributed by atoms with Gasteiger partial charge in [0.2, 0.25) is 0 Å². The van der Waals surface area contributed by atoms with Crippen LogP contribution in [-0.4, -0.2) is 17.1 Å². The predicted molar refractivity (Wildman–Crippen MR) is 56.1 cm³/mol. The molecule has 0 saturated heterocycles. The third-order valence-electron chi connectivity index (χ3n) is 2.55. The van der Waals surface area contributed by atoms with E-state index in [1.807, 2.05) is 0 Å². The van der Waals surface area contributed by atoms with Gasteiger partial charge in [-0.25, -0.2) is 4.39 Å². The maximum absolute atomic E-state index is 13.4. The van der Waals surface area contributed by atoms with Gasteiger partial charge in [-0.1, -0.05) is 15.9 Å². The summed E-state index contributed by atoms with van der Waals surface area (Å²) in [6.07, 6.45) is 0.190. The zero-order chi connectivity index (χ0) is 11.0. The molecule has 1 heterocycles. The fourth-order valence-corrected chi connectivity index (χ4v) is 2.24. The molecule has 80 valence electrons. The second-order valence-electron chi connectivity index (χ2n) is 3.46. The van der Waals surface area contributed by atoms with Crippen LogP contribution in [0.3, 0.4) is 0 Å². The van der Waals surface area contributed by atoms with Gasteiger partial charge in [0.25, 0.3) is 0 Å². The van der Waals surface area contributed by atoms with Crippen molar-refractivity contribution in [2.75, 3.05) is 0 Å². The lowest BCUT2D eigenvalue weighted by atomic mass is 9.95. The first kappa shape index (κ1) is 10.6. The minimum Gasteiger partial charge on any atom is -0.480 e. The third kappa shape index (κ3) is 1.89. The Morgan fingerprint density at radius 1 is 1.53 bits per heavy atom. The molecule has 0 aromatic heterocycles. The fourth-order valence-electron chi connectivity index (χ4n) is 1.72. The largest absolute Gasteiger partial charge is 0.480 e. The topological polar surface area (TPSA) is 49.3 Å². The summed E-state index contributed by atoms with van der Waals surface area (Å²) in [7, 11) is 0. The fraction of sp³-hybridized carbons (Fsp3) is 0.300. The van der Waals surface area contributed by atoms with Crippen molar-refractivity contribution in [3.63, 3.8) is 0 Å². The number of carbonyl (C=O) groups is 1. The molecule has 1 aliphatic heterocycles. The average Bonchev–Trinajstić information content (AvgIpc) is 2.23. The van der Waals surface area contributed by atoms with Gasteiger partial charge in [0.05, 0.1) is 0 Å². The van der Waals surface area contributed by atoms with Gasteiger partial charge in [0, 0.05) is 17.4 Å². The molecule has 1 aliphatic rings. The number of carboxylic acids is 1. The second kappa shape index (κ2) is 3.90. The molecule has 0 amide bonds. The molecule has 1 aromatic carbocycles. The normalized spacial score (nSPS) is 19.7. The number of benzene rings is 1. The summed E-state index contributed by atoms with van der Waals surface area (Å²) in [4.78, 5) is 10.8. The summed E-state index contributed by atoms with van der Waals surface area (Å²) in [5, 5.41) is 11.7. The minimum absolute atomic E-state index is 0.190. The maximum Gasteiger partial charge on any atom is 0.321 e. The standard InChI is InChI=1S/C10H9BrFNO2/c11-7-1-2-8(12)5-3-9(10(14)15)13-4-6(5)7/h1-2,9,13H,3-4H2,(H,14,15). The molecule has 15 heavy (non-hydrogen) atoms. The van der Waals surface area contributed by atoms with Gasteiger partial charge in [0.1, 0.15) is 11.9 Å². The number of carboxylic acid groups (broad SMARTS) is 1. The van der Waals surface area contributed by atoms with Gasteiger partial charge in [-0.3, -0.25) is 10.1 Å². The lowest BCUT2D eigenvalue weighted by molar-refractivity contribution is -0.139. The smallest absolute Gasteiger partial charge is 0.321 e. The maximum atomic E-state index is 13.4. The van der Waals surface area contributed by atoms with Crippen molar-refractivity contribution in [3.05, 3.63) is 33.5 Å². The zero-order valence-electron chi connectivity index (χ0n) is 7.76. The summed E-state index contributed by atoms with van der Waals surface area (Å²) in [6.45, 7) is 0.380. The number of fused-ring (bicyclic) bond motifs is 1. The highest BCUT2D eigenvalue weighted by atomic mass is 79.9. The van der Waals surface area contributed by atoms with Crippen molar-refractivity contribution in [3.8, 4) is 0 Å². The van der Waals surface area contributed by atoms with Crippen molar-refractivity contribution >= 4 is 21.9 Å². The van der Waals surface area contributed by atoms with E-state index >= 15 is 0 Å². The van der Waals surface area contributed by atoms with Crippen LogP contribution in [-0.2, 0) is 17.8 Å². The number of halogens is 2. The van der Waals surface area contributed by atoms with Crippen molar-refractivity contribution < 1.29 is 14.3 Å². The molecule has 0 spiro atoms. The van der Waals surface area contributed by atoms with Crippen LogP contribution in [0.15, 0.2) is 16.6 Å². The Hall–Kier alpha value is -0.940. The number of rotatable bonds is 1. The molecule has 2 rings (SSSR count). The van der Waals surface area contributed by atoms with Crippen LogP contribution in [0.1, 0.15) is 11.1 Å². The van der Waals surface area contributed by atoms with E-state index in [1.165, 1.54) is 6.07 Å². The van der Waals surface area contributed by atoms with Gasteiger partial charge >= 0.3 is 5.97 Å². The Morgan fingerprint density at radius 2 is 2.27 bits per heavy atom. The first-order valence-electron chi connectivity index (χ1n) is 4.51. The van der Waals surface area contributed by atoms with Gasteiger partial charge < -0.3 is 5.11 Å². The molecule has 1 unspecified atom stereocenters. The molecule has 1 atom stereocenters. The number of hydrogen-bond acceptors (Lipinski definition) is 2. The molecule has 0 aliphatic carbocycles. The quantitative estimate of drug-likeness (QED) is 0.819. The van der Waals surface area contributed by atoms with E-state index in [0.29, 0.717) is 12.1 Å². The van der Waals surface area contributed by atoms with E-state index in [4.69, 9.17) is 5.11 Å². The van der Waals surface area contributed by atoms with Crippen molar-refractivity contribution in [1.29, 1.82) is 0 Å². The van der Waals surface area contributed by atoms with Crippen molar-refractivity contribution in [2.24, 2.45) is 0 Å². The molecule has 1 aromatic rings. The van der Waals surface area contributed by atoms with Crippen LogP contribution in [0.4, 0.5) is 4.39 Å². The Bertz CT molecular complexity index is 422. The SMILES string of the molecule is O=C(O)C1Cc2c(F)ccc(Br)c2CN1. The molecular weight excluding hydrogens is 265 g/mol. The van der Waals surface area contributed by atoms with Crippen molar-refractivity contribution in [2.45, 2.75) is 19.0 Å². The first-order valence-corrected chi connectivity index (χ1v) is 5.31. The van der Waals surface area contributed by atoms with E-state index in [9.17, 15) is 9.18 Å². The number of nitrogens with one attached hydrogen (secondary N) is 1. The van der Waals surface area contributed by atoms with Crippen LogP contribution in [0.2, 0.25) is 0 Å². The van der Waals surface area contributed by atoms with E-state index in [0.717, 1.165) is 10.0 Å². The number of hydrogen-bond donors (Lipinski definition) is 2. The highest BCUT2D eigenvalue weighted by Crippen LogP contribution is 2.27. The van der Waals surface area contributed by atoms with Gasteiger partial charge in [-0.15, -0.1) is 0 Å². The van der Waals surface area contributed by atoms with Crippen molar-refractivity contribution in [1.82, 2.24) is 5.32 Å². The Balaban J connectivity index is 2.41. The number of aliphatic carboxylic acids is 1. The molecule has 0 radical (unpaired) electrons. The van der Waals surface area contributed by atoms with Crippen LogP contribution in [0, 0.1) is 5.82 Å². The predicted octanol–water partition coefficient (Wildman–Crippen LogP) is 1.69. The monoisotopic (exact) mass is 273 g/mol.